The van der Waals surface area contributed by atoms with Crippen LogP contribution in [0.4, 0.5) is 17.1 Å². The van der Waals surface area contributed by atoms with Crippen molar-refractivity contribution in [1.29, 1.82) is 0 Å². The highest BCUT2D eigenvalue weighted by Gasteiger charge is 2.45. The first-order chi connectivity index (χ1) is 23.5. The Kier molecular flexibility index (Phi) is 7.96. The summed E-state index contributed by atoms with van der Waals surface area (Å²) in [7, 11) is 0. The SMILES string of the molecule is [C-]#[N+]c1ccc(NC(=O)C(C)(C)n2cc(CN3CCN(c4ccc5c(c4)C(=O)N(C4CCC(=O)NC4=O)C5=O)CC3)cn2)c2ccccc12. The van der Waals surface area contributed by atoms with E-state index in [4.69, 9.17) is 6.57 Å². The van der Waals surface area contributed by atoms with Gasteiger partial charge in [-0.1, -0.05) is 30.3 Å². The van der Waals surface area contributed by atoms with Crippen LogP contribution in [0.3, 0.4) is 0 Å². The van der Waals surface area contributed by atoms with E-state index in [1.165, 1.54) is 0 Å². The molecule has 0 aliphatic carbocycles. The summed E-state index contributed by atoms with van der Waals surface area (Å²) in [5, 5.41) is 11.4. The molecule has 3 aromatic carbocycles. The van der Waals surface area contributed by atoms with Gasteiger partial charge in [0.25, 0.3) is 17.7 Å². The third-order valence-electron chi connectivity index (χ3n) is 9.60. The fraction of sp³-hybridized carbons (Fsp3) is 0.306. The lowest BCUT2D eigenvalue weighted by atomic mass is 10.0. The first-order valence-corrected chi connectivity index (χ1v) is 16.1. The Labute approximate surface area is 282 Å². The summed E-state index contributed by atoms with van der Waals surface area (Å²) >= 11 is 0. The summed E-state index contributed by atoms with van der Waals surface area (Å²) in [6.45, 7) is 14.6. The van der Waals surface area contributed by atoms with Crippen LogP contribution < -0.4 is 15.5 Å². The number of hydrogen-bond acceptors (Lipinski definition) is 8. The fourth-order valence-corrected chi connectivity index (χ4v) is 6.69. The number of imide groups is 2. The maximum absolute atomic E-state index is 13.5. The van der Waals surface area contributed by atoms with Gasteiger partial charge < -0.3 is 10.2 Å². The van der Waals surface area contributed by atoms with Crippen LogP contribution in [0.5, 0.6) is 0 Å². The zero-order valence-electron chi connectivity index (χ0n) is 27.1. The number of rotatable bonds is 7. The van der Waals surface area contributed by atoms with E-state index >= 15 is 0 Å². The van der Waals surface area contributed by atoms with Crippen molar-refractivity contribution in [3.63, 3.8) is 0 Å². The van der Waals surface area contributed by atoms with Crippen molar-refractivity contribution in [3.05, 3.63) is 95.1 Å². The van der Waals surface area contributed by atoms with Crippen molar-refractivity contribution in [1.82, 2.24) is 24.9 Å². The van der Waals surface area contributed by atoms with Gasteiger partial charge in [0.2, 0.25) is 11.8 Å². The Morgan fingerprint density at radius 2 is 1.71 bits per heavy atom. The Morgan fingerprint density at radius 3 is 2.45 bits per heavy atom. The van der Waals surface area contributed by atoms with E-state index in [2.05, 4.69) is 30.4 Å². The Hall–Kier alpha value is -5.87. The molecule has 0 saturated carbocycles. The van der Waals surface area contributed by atoms with E-state index in [9.17, 15) is 24.0 Å². The van der Waals surface area contributed by atoms with Crippen LogP contribution >= 0.6 is 0 Å². The number of hydrogen-bond donors (Lipinski definition) is 2. The predicted molar refractivity (Wildman–Crippen MR) is 181 cm³/mol. The molecule has 248 valence electrons. The molecule has 1 unspecified atom stereocenters. The highest BCUT2D eigenvalue weighted by atomic mass is 16.2. The standard InChI is InChI=1S/C36H34N8O5/c1-36(2,35(49)39-29-11-10-28(37-3)24-6-4-5-7-25(24)29)43-21-22(19-38-43)20-41-14-16-42(17-15-41)23-8-9-26-27(18-23)34(48)44(33(26)47)30-12-13-31(45)40-32(30)46/h4-11,18-19,21,30H,12-17,20H2,1-2H3,(H,39,49)(H,40,45,46). The zero-order chi connectivity index (χ0) is 34.4. The minimum Gasteiger partial charge on any atom is -0.369 e. The molecule has 3 aliphatic rings. The zero-order valence-corrected chi connectivity index (χ0v) is 27.1. The van der Waals surface area contributed by atoms with Crippen molar-refractivity contribution in [2.45, 2.75) is 44.8 Å². The summed E-state index contributed by atoms with van der Waals surface area (Å²) in [6, 6.07) is 15.2. The average Bonchev–Trinajstić information content (AvgIpc) is 3.67. The van der Waals surface area contributed by atoms with Crippen LogP contribution in [0.2, 0.25) is 0 Å². The second-order valence-corrected chi connectivity index (χ2v) is 13.0. The van der Waals surface area contributed by atoms with E-state index in [1.807, 2.05) is 50.4 Å². The maximum atomic E-state index is 13.5. The molecule has 1 aromatic heterocycles. The van der Waals surface area contributed by atoms with Crippen LogP contribution in [0.1, 0.15) is 53.0 Å². The molecule has 4 aromatic rings. The Morgan fingerprint density at radius 1 is 0.980 bits per heavy atom. The number of fused-ring (bicyclic) bond motifs is 2. The van der Waals surface area contributed by atoms with E-state index in [1.54, 1.807) is 35.1 Å². The number of nitrogens with one attached hydrogen (secondary N) is 2. The summed E-state index contributed by atoms with van der Waals surface area (Å²) in [5.74, 6) is -2.30. The van der Waals surface area contributed by atoms with Crippen LogP contribution in [-0.2, 0) is 26.5 Å². The Balaban J connectivity index is 0.971. The number of carbonyl (C=O) groups is 5. The summed E-state index contributed by atoms with van der Waals surface area (Å²) < 4.78 is 1.67. The van der Waals surface area contributed by atoms with Crippen molar-refractivity contribution in [3.8, 4) is 0 Å². The van der Waals surface area contributed by atoms with Gasteiger partial charge in [-0.3, -0.25) is 43.8 Å². The monoisotopic (exact) mass is 658 g/mol. The molecule has 49 heavy (non-hydrogen) atoms. The quantitative estimate of drug-likeness (QED) is 0.226. The number of piperazine rings is 1. The van der Waals surface area contributed by atoms with Crippen molar-refractivity contribution in [2.24, 2.45) is 0 Å². The minimum absolute atomic E-state index is 0.0749. The first-order valence-electron chi connectivity index (χ1n) is 16.1. The van der Waals surface area contributed by atoms with Gasteiger partial charge in [0.1, 0.15) is 11.6 Å². The fourth-order valence-electron chi connectivity index (χ4n) is 6.69. The highest BCUT2D eigenvalue weighted by Crippen LogP contribution is 2.33. The normalized spacial score (nSPS) is 18.4. The second-order valence-electron chi connectivity index (χ2n) is 13.0. The molecule has 2 N–H and O–H groups in total. The molecular formula is C36H34N8O5. The van der Waals surface area contributed by atoms with Crippen LogP contribution in [0, 0.1) is 6.57 Å². The van der Waals surface area contributed by atoms with Crippen molar-refractivity contribution >= 4 is 57.4 Å². The topological polar surface area (TPSA) is 141 Å². The van der Waals surface area contributed by atoms with Gasteiger partial charge in [-0.2, -0.15) is 5.10 Å². The molecule has 0 bridgehead atoms. The largest absolute Gasteiger partial charge is 0.369 e. The van der Waals surface area contributed by atoms with Crippen molar-refractivity contribution < 1.29 is 24.0 Å². The van der Waals surface area contributed by atoms with Gasteiger partial charge >= 0.3 is 0 Å². The van der Waals surface area contributed by atoms with Crippen LogP contribution in [0.15, 0.2) is 67.0 Å². The lowest BCUT2D eigenvalue weighted by Gasteiger charge is -2.36. The molecule has 1 atom stereocenters. The molecule has 7 rings (SSSR count). The molecule has 0 radical (unpaired) electrons. The number of anilines is 2. The predicted octanol–water partition coefficient (Wildman–Crippen LogP) is 3.68. The lowest BCUT2D eigenvalue weighted by Crippen LogP contribution is -2.54. The maximum Gasteiger partial charge on any atom is 0.262 e. The third kappa shape index (κ3) is 5.70. The van der Waals surface area contributed by atoms with E-state index < -0.39 is 35.2 Å². The molecule has 13 heteroatoms. The van der Waals surface area contributed by atoms with Gasteiger partial charge in [-0.15, -0.1) is 0 Å². The highest BCUT2D eigenvalue weighted by molar-refractivity contribution is 6.23. The molecule has 2 saturated heterocycles. The molecule has 4 heterocycles. The van der Waals surface area contributed by atoms with Gasteiger partial charge in [0, 0.05) is 62.3 Å². The molecule has 3 aliphatic heterocycles. The molecule has 5 amide bonds. The average molecular weight is 659 g/mol. The summed E-state index contributed by atoms with van der Waals surface area (Å²) in [4.78, 5) is 72.9. The van der Waals surface area contributed by atoms with Crippen LogP contribution in [0.25, 0.3) is 15.6 Å². The van der Waals surface area contributed by atoms with Crippen LogP contribution in [-0.4, -0.2) is 81.3 Å². The third-order valence-corrected chi connectivity index (χ3v) is 9.60. The van der Waals surface area contributed by atoms with E-state index in [0.717, 1.165) is 40.0 Å². The number of nitrogens with zero attached hydrogens (tertiary/aromatic N) is 6. The van der Waals surface area contributed by atoms with Gasteiger partial charge in [-0.25, -0.2) is 4.85 Å². The second kappa shape index (κ2) is 12.3. The number of carbonyl (C=O) groups excluding carboxylic acids is 5. The van der Waals surface area contributed by atoms with Gasteiger partial charge in [-0.05, 0) is 55.3 Å². The minimum atomic E-state index is -0.995. The van der Waals surface area contributed by atoms with Gasteiger partial charge in [0.15, 0.2) is 5.69 Å². The smallest absolute Gasteiger partial charge is 0.262 e. The van der Waals surface area contributed by atoms with E-state index in [-0.39, 0.29) is 29.9 Å². The summed E-state index contributed by atoms with van der Waals surface area (Å²) in [6.07, 6.45) is 3.86. The Bertz CT molecular complexity index is 2090. The number of benzene rings is 3. The van der Waals surface area contributed by atoms with Gasteiger partial charge in [0.05, 0.1) is 23.9 Å². The summed E-state index contributed by atoms with van der Waals surface area (Å²) in [5.41, 5.74) is 2.49. The number of amides is 5. The number of piperidine rings is 1. The molecular weight excluding hydrogens is 624 g/mol. The molecule has 13 nitrogen and oxygen atoms in total. The molecule has 2 fully saturated rings. The molecule has 0 spiro atoms. The first kappa shape index (κ1) is 31.7. The van der Waals surface area contributed by atoms with Crippen molar-refractivity contribution in [2.75, 3.05) is 36.4 Å². The van der Waals surface area contributed by atoms with E-state index in [0.29, 0.717) is 31.0 Å². The number of aromatic nitrogens is 2. The lowest BCUT2D eigenvalue weighted by molar-refractivity contribution is -0.136.